The van der Waals surface area contributed by atoms with Crippen molar-refractivity contribution in [3.63, 3.8) is 0 Å². The zero-order valence-corrected chi connectivity index (χ0v) is 14.6. The number of hydrazine groups is 1. The van der Waals surface area contributed by atoms with E-state index < -0.39 is 11.8 Å². The molecule has 2 aromatic carbocycles. The predicted molar refractivity (Wildman–Crippen MR) is 96.0 cm³/mol. The molecule has 0 saturated heterocycles. The zero-order valence-electron chi connectivity index (χ0n) is 13.0. The van der Waals surface area contributed by atoms with Crippen LogP contribution >= 0.6 is 15.9 Å². The van der Waals surface area contributed by atoms with Crippen LogP contribution in [0.5, 0.6) is 5.75 Å². The van der Waals surface area contributed by atoms with Gasteiger partial charge < -0.3 is 4.74 Å². The number of nitrogens with one attached hydrogen (secondary N) is 2. The zero-order chi connectivity index (χ0) is 18.1. The molecule has 126 valence electrons. The van der Waals surface area contributed by atoms with Gasteiger partial charge in [0.05, 0.1) is 0 Å². The van der Waals surface area contributed by atoms with Gasteiger partial charge in [0.2, 0.25) is 0 Å². The first-order chi connectivity index (χ1) is 12.1. The largest absolute Gasteiger partial charge is 0.484 e. The summed E-state index contributed by atoms with van der Waals surface area (Å²) in [6, 6.07) is 17.7. The summed E-state index contributed by atoms with van der Waals surface area (Å²) < 4.78 is 6.11. The Morgan fingerprint density at radius 3 is 2.56 bits per heavy atom. The average Bonchev–Trinajstić information content (AvgIpc) is 2.63. The smallest absolute Gasteiger partial charge is 0.280 e. The molecule has 0 saturated carbocycles. The summed E-state index contributed by atoms with van der Waals surface area (Å²) in [6.45, 7) is -0.277. The number of hydrogen-bond acceptors (Lipinski definition) is 4. The van der Waals surface area contributed by atoms with Crippen molar-refractivity contribution in [2.24, 2.45) is 0 Å². The SMILES string of the molecule is N#C/C(=C\c1ccccc1)C(=O)NNC(=O)COc1cccc(Br)c1. The van der Waals surface area contributed by atoms with Crippen LogP contribution in [-0.4, -0.2) is 18.4 Å². The lowest BCUT2D eigenvalue weighted by molar-refractivity contribution is -0.128. The summed E-state index contributed by atoms with van der Waals surface area (Å²) in [7, 11) is 0. The van der Waals surface area contributed by atoms with Crippen molar-refractivity contribution in [2.45, 2.75) is 0 Å². The molecule has 2 aromatic rings. The van der Waals surface area contributed by atoms with Gasteiger partial charge in [-0.3, -0.25) is 20.4 Å². The summed E-state index contributed by atoms with van der Waals surface area (Å²) in [5, 5.41) is 9.08. The lowest BCUT2D eigenvalue weighted by Gasteiger charge is -2.08. The van der Waals surface area contributed by atoms with Crippen molar-refractivity contribution < 1.29 is 14.3 Å². The van der Waals surface area contributed by atoms with Crippen molar-refractivity contribution in [1.29, 1.82) is 5.26 Å². The Kier molecular flexibility index (Phi) is 6.75. The first-order valence-electron chi connectivity index (χ1n) is 7.23. The summed E-state index contributed by atoms with van der Waals surface area (Å²) >= 11 is 3.30. The molecule has 0 unspecified atom stereocenters. The third kappa shape index (κ3) is 6.12. The van der Waals surface area contributed by atoms with Gasteiger partial charge in [-0.2, -0.15) is 5.26 Å². The second-order valence-electron chi connectivity index (χ2n) is 4.83. The van der Waals surface area contributed by atoms with E-state index in [0.717, 1.165) is 4.47 Å². The van der Waals surface area contributed by atoms with Crippen LogP contribution in [0.3, 0.4) is 0 Å². The maximum atomic E-state index is 11.9. The van der Waals surface area contributed by atoms with E-state index in [4.69, 9.17) is 10.00 Å². The number of hydrogen-bond donors (Lipinski definition) is 2. The third-order valence-electron chi connectivity index (χ3n) is 2.96. The fraction of sp³-hybridized carbons (Fsp3) is 0.0556. The minimum absolute atomic E-state index is 0.126. The van der Waals surface area contributed by atoms with Crippen molar-refractivity contribution in [3.05, 3.63) is 70.2 Å². The summed E-state index contributed by atoms with van der Waals surface area (Å²) in [5.41, 5.74) is 4.96. The molecule has 0 aliphatic heterocycles. The number of carbonyl (C=O) groups excluding carboxylic acids is 2. The Labute approximate surface area is 153 Å². The minimum Gasteiger partial charge on any atom is -0.484 e. The van der Waals surface area contributed by atoms with Crippen LogP contribution < -0.4 is 15.6 Å². The molecule has 0 bridgehead atoms. The number of rotatable bonds is 5. The molecule has 0 aliphatic rings. The van der Waals surface area contributed by atoms with Gasteiger partial charge in [0.1, 0.15) is 17.4 Å². The normalized spacial score (nSPS) is 10.5. The number of halogens is 1. The molecule has 0 fully saturated rings. The van der Waals surface area contributed by atoms with Crippen LogP contribution in [0.4, 0.5) is 0 Å². The Morgan fingerprint density at radius 1 is 1.12 bits per heavy atom. The molecule has 2 amide bonds. The van der Waals surface area contributed by atoms with E-state index in [0.29, 0.717) is 11.3 Å². The Balaban J connectivity index is 1.85. The van der Waals surface area contributed by atoms with Crippen LogP contribution in [0, 0.1) is 11.3 Å². The standard InChI is InChI=1S/C18H14BrN3O3/c19-15-7-4-8-16(10-15)25-12-17(23)21-22-18(24)14(11-20)9-13-5-2-1-3-6-13/h1-10H,12H2,(H,21,23)(H,22,24)/b14-9+. The molecule has 7 heteroatoms. The predicted octanol–water partition coefficient (Wildman–Crippen LogP) is 2.58. The molecular formula is C18H14BrN3O3. The van der Waals surface area contributed by atoms with Gasteiger partial charge in [0, 0.05) is 4.47 Å². The Hall–Kier alpha value is -3.11. The summed E-state index contributed by atoms with van der Waals surface area (Å²) in [6.07, 6.45) is 1.43. The maximum Gasteiger partial charge on any atom is 0.280 e. The van der Waals surface area contributed by atoms with E-state index in [-0.39, 0.29) is 12.2 Å². The third-order valence-corrected chi connectivity index (χ3v) is 3.45. The number of ether oxygens (including phenoxy) is 1. The highest BCUT2D eigenvalue weighted by Gasteiger charge is 2.10. The van der Waals surface area contributed by atoms with Gasteiger partial charge in [-0.25, -0.2) is 0 Å². The molecule has 0 radical (unpaired) electrons. The molecule has 0 spiro atoms. The molecule has 0 aliphatic carbocycles. The number of nitrogens with zero attached hydrogens (tertiary/aromatic N) is 1. The van der Waals surface area contributed by atoms with Gasteiger partial charge in [-0.1, -0.05) is 52.3 Å². The van der Waals surface area contributed by atoms with E-state index >= 15 is 0 Å². The van der Waals surface area contributed by atoms with E-state index in [1.807, 2.05) is 12.1 Å². The lowest BCUT2D eigenvalue weighted by Crippen LogP contribution is -2.44. The molecule has 0 atom stereocenters. The van der Waals surface area contributed by atoms with E-state index in [1.165, 1.54) is 6.08 Å². The van der Waals surface area contributed by atoms with E-state index in [9.17, 15) is 9.59 Å². The van der Waals surface area contributed by atoms with Crippen molar-refractivity contribution >= 4 is 33.8 Å². The second-order valence-corrected chi connectivity index (χ2v) is 5.74. The molecule has 25 heavy (non-hydrogen) atoms. The fourth-order valence-electron chi connectivity index (χ4n) is 1.80. The minimum atomic E-state index is -0.706. The topological polar surface area (TPSA) is 91.2 Å². The average molecular weight is 400 g/mol. The van der Waals surface area contributed by atoms with Crippen molar-refractivity contribution in [1.82, 2.24) is 10.9 Å². The number of carbonyl (C=O) groups is 2. The number of amides is 2. The first kappa shape index (κ1) is 18.2. The second kappa shape index (κ2) is 9.25. The highest BCUT2D eigenvalue weighted by molar-refractivity contribution is 9.10. The lowest BCUT2D eigenvalue weighted by atomic mass is 10.1. The van der Waals surface area contributed by atoms with Gasteiger partial charge in [0.15, 0.2) is 6.61 Å². The van der Waals surface area contributed by atoms with Crippen LogP contribution in [0.1, 0.15) is 5.56 Å². The molecule has 2 rings (SSSR count). The van der Waals surface area contributed by atoms with Gasteiger partial charge in [-0.05, 0) is 29.8 Å². The van der Waals surface area contributed by atoms with E-state index in [1.54, 1.807) is 48.5 Å². The molecule has 6 nitrogen and oxygen atoms in total. The van der Waals surface area contributed by atoms with Crippen LogP contribution in [0.15, 0.2) is 64.6 Å². The quantitative estimate of drug-likeness (QED) is 0.459. The maximum absolute atomic E-state index is 11.9. The van der Waals surface area contributed by atoms with Crippen LogP contribution in [0.25, 0.3) is 6.08 Å². The van der Waals surface area contributed by atoms with Gasteiger partial charge in [-0.15, -0.1) is 0 Å². The van der Waals surface area contributed by atoms with Crippen LogP contribution in [-0.2, 0) is 9.59 Å². The Bertz CT molecular complexity index is 829. The van der Waals surface area contributed by atoms with Gasteiger partial charge >= 0.3 is 0 Å². The highest BCUT2D eigenvalue weighted by atomic mass is 79.9. The molecule has 2 N–H and O–H groups in total. The molecule has 0 aromatic heterocycles. The van der Waals surface area contributed by atoms with Crippen molar-refractivity contribution in [2.75, 3.05) is 6.61 Å². The summed E-state index contributed by atoms with van der Waals surface area (Å²) in [5.74, 6) is -0.745. The number of benzene rings is 2. The van der Waals surface area contributed by atoms with Crippen LogP contribution in [0.2, 0.25) is 0 Å². The van der Waals surface area contributed by atoms with Gasteiger partial charge in [0.25, 0.3) is 11.8 Å². The fourth-order valence-corrected chi connectivity index (χ4v) is 2.18. The summed E-state index contributed by atoms with van der Waals surface area (Å²) in [4.78, 5) is 23.6. The monoisotopic (exact) mass is 399 g/mol. The molecule has 0 heterocycles. The van der Waals surface area contributed by atoms with E-state index in [2.05, 4.69) is 26.8 Å². The Morgan fingerprint density at radius 2 is 1.88 bits per heavy atom. The first-order valence-corrected chi connectivity index (χ1v) is 8.02. The van der Waals surface area contributed by atoms with Crippen molar-refractivity contribution in [3.8, 4) is 11.8 Å². The highest BCUT2D eigenvalue weighted by Crippen LogP contribution is 2.17. The number of nitriles is 1. The molecular weight excluding hydrogens is 386 g/mol.